The summed E-state index contributed by atoms with van der Waals surface area (Å²) in [4.78, 5) is 0. The Bertz CT molecular complexity index is 382. The Labute approximate surface area is 107 Å². The van der Waals surface area contributed by atoms with Crippen LogP contribution >= 0.6 is 11.6 Å². The minimum atomic E-state index is -0.483. The Morgan fingerprint density at radius 2 is 2.12 bits per heavy atom. The van der Waals surface area contributed by atoms with Gasteiger partial charge in [0, 0.05) is 12.6 Å². The number of benzene rings is 1. The van der Waals surface area contributed by atoms with E-state index in [1.54, 1.807) is 12.1 Å². The predicted molar refractivity (Wildman–Crippen MR) is 68.8 cm³/mol. The van der Waals surface area contributed by atoms with E-state index in [2.05, 4.69) is 0 Å². The van der Waals surface area contributed by atoms with Gasteiger partial charge in [0.1, 0.15) is 5.82 Å². The Morgan fingerprint density at radius 1 is 1.47 bits per heavy atom. The van der Waals surface area contributed by atoms with Crippen molar-refractivity contribution >= 4 is 11.6 Å². The molecule has 96 valence electrons. The molecule has 1 aromatic carbocycles. The van der Waals surface area contributed by atoms with Gasteiger partial charge in [-0.3, -0.25) is 0 Å². The van der Waals surface area contributed by atoms with Crippen LogP contribution in [0.1, 0.15) is 26.3 Å². The van der Waals surface area contributed by atoms with Gasteiger partial charge in [0.15, 0.2) is 0 Å². The summed E-state index contributed by atoms with van der Waals surface area (Å²) in [6.45, 7) is 6.31. The SMILES string of the molecule is CCOC(C)(C)C(N)Cc1cccc(Cl)c1F. The molecule has 0 bridgehead atoms. The van der Waals surface area contributed by atoms with E-state index in [9.17, 15) is 4.39 Å². The highest BCUT2D eigenvalue weighted by molar-refractivity contribution is 6.30. The summed E-state index contributed by atoms with van der Waals surface area (Å²) in [5.41, 5.74) is 6.10. The summed E-state index contributed by atoms with van der Waals surface area (Å²) < 4.78 is 19.3. The summed E-state index contributed by atoms with van der Waals surface area (Å²) >= 11 is 5.73. The van der Waals surface area contributed by atoms with Gasteiger partial charge in [-0.1, -0.05) is 23.7 Å². The molecule has 0 saturated carbocycles. The normalized spacial score (nSPS) is 13.8. The van der Waals surface area contributed by atoms with Gasteiger partial charge < -0.3 is 10.5 Å². The van der Waals surface area contributed by atoms with E-state index in [0.717, 1.165) is 0 Å². The van der Waals surface area contributed by atoms with Crippen molar-refractivity contribution in [2.75, 3.05) is 6.61 Å². The molecule has 0 aromatic heterocycles. The standard InChI is InChI=1S/C13H19ClFNO/c1-4-17-13(2,3)11(16)8-9-6-5-7-10(14)12(9)15/h5-7,11H,4,8,16H2,1-3H3. The molecule has 1 aromatic rings. The Hall–Kier alpha value is -0.640. The van der Waals surface area contributed by atoms with Crippen LogP contribution in [0.5, 0.6) is 0 Å². The van der Waals surface area contributed by atoms with Crippen LogP contribution in [-0.4, -0.2) is 18.2 Å². The zero-order valence-corrected chi connectivity index (χ0v) is 11.2. The average Bonchev–Trinajstić information content (AvgIpc) is 2.24. The highest BCUT2D eigenvalue weighted by Gasteiger charge is 2.27. The summed E-state index contributed by atoms with van der Waals surface area (Å²) in [7, 11) is 0. The number of hydrogen-bond acceptors (Lipinski definition) is 2. The fourth-order valence-electron chi connectivity index (χ4n) is 1.67. The van der Waals surface area contributed by atoms with E-state index >= 15 is 0 Å². The molecule has 0 amide bonds. The van der Waals surface area contributed by atoms with Crippen LogP contribution in [0.2, 0.25) is 5.02 Å². The van der Waals surface area contributed by atoms with Gasteiger partial charge in [0.2, 0.25) is 0 Å². The molecule has 0 spiro atoms. The Morgan fingerprint density at radius 3 is 2.71 bits per heavy atom. The van der Waals surface area contributed by atoms with Crippen molar-refractivity contribution in [3.8, 4) is 0 Å². The molecule has 0 aliphatic heterocycles. The van der Waals surface area contributed by atoms with Gasteiger partial charge in [-0.25, -0.2) is 4.39 Å². The minimum absolute atomic E-state index is 0.129. The predicted octanol–water partition coefficient (Wildman–Crippen LogP) is 3.16. The van der Waals surface area contributed by atoms with Gasteiger partial charge >= 0.3 is 0 Å². The lowest BCUT2D eigenvalue weighted by molar-refractivity contribution is -0.0289. The minimum Gasteiger partial charge on any atom is -0.374 e. The molecule has 2 N–H and O–H groups in total. The average molecular weight is 260 g/mol. The van der Waals surface area contributed by atoms with Crippen LogP contribution < -0.4 is 5.73 Å². The molecule has 17 heavy (non-hydrogen) atoms. The highest BCUT2D eigenvalue weighted by Crippen LogP contribution is 2.22. The maximum absolute atomic E-state index is 13.7. The third kappa shape index (κ3) is 3.66. The van der Waals surface area contributed by atoms with Crippen LogP contribution in [0.3, 0.4) is 0 Å². The number of rotatable bonds is 5. The summed E-state index contributed by atoms with van der Waals surface area (Å²) in [6, 6.07) is 4.67. The van der Waals surface area contributed by atoms with Crippen molar-refractivity contribution in [1.82, 2.24) is 0 Å². The van der Waals surface area contributed by atoms with Crippen molar-refractivity contribution in [2.45, 2.75) is 38.8 Å². The number of ether oxygens (including phenoxy) is 1. The molecular formula is C13H19ClFNO. The molecule has 0 saturated heterocycles. The molecule has 1 atom stereocenters. The van der Waals surface area contributed by atoms with Crippen molar-refractivity contribution in [2.24, 2.45) is 5.73 Å². The Kier molecular flexibility index (Phi) is 4.92. The van der Waals surface area contributed by atoms with E-state index in [-0.39, 0.29) is 11.1 Å². The molecule has 1 rings (SSSR count). The third-order valence-corrected chi connectivity index (χ3v) is 3.17. The molecule has 4 heteroatoms. The zero-order chi connectivity index (χ0) is 13.1. The second-order valence-corrected chi connectivity index (χ2v) is 4.97. The number of nitrogens with two attached hydrogens (primary N) is 1. The van der Waals surface area contributed by atoms with Gasteiger partial charge in [-0.2, -0.15) is 0 Å². The van der Waals surface area contributed by atoms with Gasteiger partial charge in [-0.05, 0) is 38.8 Å². The highest BCUT2D eigenvalue weighted by atomic mass is 35.5. The molecule has 0 fully saturated rings. The van der Waals surface area contributed by atoms with Crippen LogP contribution in [-0.2, 0) is 11.2 Å². The van der Waals surface area contributed by atoms with Crippen molar-refractivity contribution in [1.29, 1.82) is 0 Å². The zero-order valence-electron chi connectivity index (χ0n) is 10.5. The van der Waals surface area contributed by atoms with Gasteiger partial charge in [0.05, 0.1) is 10.6 Å². The second-order valence-electron chi connectivity index (χ2n) is 4.56. The first-order chi connectivity index (χ1) is 7.88. The largest absolute Gasteiger partial charge is 0.374 e. The lowest BCUT2D eigenvalue weighted by Gasteiger charge is -2.31. The molecule has 0 aliphatic rings. The van der Waals surface area contributed by atoms with E-state index in [1.165, 1.54) is 6.07 Å². The van der Waals surface area contributed by atoms with Gasteiger partial charge in [-0.15, -0.1) is 0 Å². The van der Waals surface area contributed by atoms with Crippen LogP contribution in [0, 0.1) is 5.82 Å². The number of halogens is 2. The smallest absolute Gasteiger partial charge is 0.145 e. The third-order valence-electron chi connectivity index (χ3n) is 2.88. The first-order valence-corrected chi connectivity index (χ1v) is 6.08. The van der Waals surface area contributed by atoms with Crippen molar-refractivity contribution in [3.63, 3.8) is 0 Å². The van der Waals surface area contributed by atoms with Crippen molar-refractivity contribution in [3.05, 3.63) is 34.6 Å². The summed E-state index contributed by atoms with van der Waals surface area (Å²) in [5, 5.41) is 0.129. The van der Waals surface area contributed by atoms with E-state index < -0.39 is 11.4 Å². The maximum atomic E-state index is 13.7. The lowest BCUT2D eigenvalue weighted by atomic mass is 9.93. The monoisotopic (exact) mass is 259 g/mol. The fourth-order valence-corrected chi connectivity index (χ4v) is 1.86. The molecule has 0 heterocycles. The first-order valence-electron chi connectivity index (χ1n) is 5.71. The Balaban J connectivity index is 2.81. The molecule has 0 aliphatic carbocycles. The molecule has 1 unspecified atom stereocenters. The summed E-state index contributed by atoms with van der Waals surface area (Å²) in [6.07, 6.45) is 0.402. The van der Waals surface area contributed by atoms with Gasteiger partial charge in [0.25, 0.3) is 0 Å². The van der Waals surface area contributed by atoms with Crippen LogP contribution in [0.25, 0.3) is 0 Å². The van der Waals surface area contributed by atoms with E-state index in [0.29, 0.717) is 18.6 Å². The van der Waals surface area contributed by atoms with E-state index in [4.69, 9.17) is 22.1 Å². The lowest BCUT2D eigenvalue weighted by Crippen LogP contribution is -2.46. The fraction of sp³-hybridized carbons (Fsp3) is 0.538. The number of hydrogen-bond donors (Lipinski definition) is 1. The van der Waals surface area contributed by atoms with Crippen LogP contribution in [0.15, 0.2) is 18.2 Å². The molecule has 2 nitrogen and oxygen atoms in total. The second kappa shape index (κ2) is 5.80. The van der Waals surface area contributed by atoms with Crippen molar-refractivity contribution < 1.29 is 9.13 Å². The maximum Gasteiger partial charge on any atom is 0.145 e. The first kappa shape index (κ1) is 14.4. The summed E-state index contributed by atoms with van der Waals surface area (Å²) in [5.74, 6) is -0.392. The topological polar surface area (TPSA) is 35.2 Å². The molecular weight excluding hydrogens is 241 g/mol. The molecule has 0 radical (unpaired) electrons. The quantitative estimate of drug-likeness (QED) is 0.882. The van der Waals surface area contributed by atoms with E-state index in [1.807, 2.05) is 20.8 Å². The van der Waals surface area contributed by atoms with Crippen LogP contribution in [0.4, 0.5) is 4.39 Å².